The Morgan fingerprint density at radius 2 is 1.73 bits per heavy atom. The largest absolute Gasteiger partial charge is 0.490 e. The molecule has 0 saturated heterocycles. The van der Waals surface area contributed by atoms with Crippen LogP contribution in [0.4, 0.5) is 5.69 Å². The SMILES string of the molecule is Cc1ccc(S(=O)(=O)CCC(=O)Nc2ccc3c(c2)OCCCO3)cc1. The fourth-order valence-corrected chi connectivity index (χ4v) is 3.80. The number of hydrogen-bond acceptors (Lipinski definition) is 5. The molecule has 1 heterocycles. The van der Waals surface area contributed by atoms with Gasteiger partial charge in [-0.05, 0) is 31.2 Å². The Labute approximate surface area is 153 Å². The maximum atomic E-state index is 12.3. The van der Waals surface area contributed by atoms with Gasteiger partial charge in [-0.15, -0.1) is 0 Å². The van der Waals surface area contributed by atoms with Gasteiger partial charge < -0.3 is 14.8 Å². The number of sulfone groups is 1. The molecular formula is C19H21NO5S. The van der Waals surface area contributed by atoms with Crippen LogP contribution in [0.15, 0.2) is 47.4 Å². The van der Waals surface area contributed by atoms with Crippen LogP contribution in [0.25, 0.3) is 0 Å². The van der Waals surface area contributed by atoms with Crippen molar-refractivity contribution in [2.45, 2.75) is 24.7 Å². The van der Waals surface area contributed by atoms with Gasteiger partial charge in [-0.3, -0.25) is 4.79 Å². The summed E-state index contributed by atoms with van der Waals surface area (Å²) in [5.41, 5.74) is 1.53. The first-order valence-electron chi connectivity index (χ1n) is 8.43. The van der Waals surface area contributed by atoms with E-state index in [1.165, 1.54) is 0 Å². The summed E-state index contributed by atoms with van der Waals surface area (Å²) in [5.74, 6) is 0.608. The first-order chi connectivity index (χ1) is 12.4. The van der Waals surface area contributed by atoms with Crippen LogP contribution in [-0.4, -0.2) is 33.3 Å². The number of anilines is 1. The van der Waals surface area contributed by atoms with E-state index in [0.29, 0.717) is 30.4 Å². The van der Waals surface area contributed by atoms with Gasteiger partial charge in [0.25, 0.3) is 0 Å². The standard InChI is InChI=1S/C19H21NO5S/c1-14-3-6-16(7-4-14)26(22,23)12-9-19(21)20-15-5-8-17-18(13-15)25-11-2-10-24-17/h3-8,13H,2,9-12H2,1H3,(H,20,21). The molecule has 2 aromatic rings. The first-order valence-corrected chi connectivity index (χ1v) is 10.1. The molecule has 1 aliphatic rings. The number of benzene rings is 2. The quantitative estimate of drug-likeness (QED) is 0.869. The minimum atomic E-state index is -3.49. The van der Waals surface area contributed by atoms with E-state index in [9.17, 15) is 13.2 Å². The zero-order chi connectivity index (χ0) is 18.6. The van der Waals surface area contributed by atoms with Crippen molar-refractivity contribution in [2.75, 3.05) is 24.3 Å². The van der Waals surface area contributed by atoms with Gasteiger partial charge in [-0.2, -0.15) is 0 Å². The normalized spacial score (nSPS) is 13.7. The summed E-state index contributed by atoms with van der Waals surface area (Å²) < 4.78 is 35.7. The number of nitrogens with one attached hydrogen (secondary N) is 1. The van der Waals surface area contributed by atoms with E-state index in [2.05, 4.69) is 5.32 Å². The molecule has 26 heavy (non-hydrogen) atoms. The van der Waals surface area contributed by atoms with Gasteiger partial charge in [0.2, 0.25) is 5.91 Å². The van der Waals surface area contributed by atoms with Crippen molar-refractivity contribution in [1.82, 2.24) is 0 Å². The molecule has 1 aliphatic heterocycles. The van der Waals surface area contributed by atoms with Crippen molar-refractivity contribution in [3.63, 3.8) is 0 Å². The van der Waals surface area contributed by atoms with Crippen molar-refractivity contribution in [3.8, 4) is 11.5 Å². The second-order valence-corrected chi connectivity index (χ2v) is 8.25. The highest BCUT2D eigenvalue weighted by molar-refractivity contribution is 7.91. The lowest BCUT2D eigenvalue weighted by molar-refractivity contribution is -0.115. The Hall–Kier alpha value is -2.54. The number of aryl methyl sites for hydroxylation is 1. The molecule has 0 atom stereocenters. The van der Waals surface area contributed by atoms with Gasteiger partial charge in [0.15, 0.2) is 21.3 Å². The number of amides is 1. The van der Waals surface area contributed by atoms with E-state index in [0.717, 1.165) is 12.0 Å². The molecular weight excluding hydrogens is 354 g/mol. The third-order valence-corrected chi connectivity index (χ3v) is 5.74. The van der Waals surface area contributed by atoms with Gasteiger partial charge in [-0.25, -0.2) is 8.42 Å². The minimum Gasteiger partial charge on any atom is -0.490 e. The third-order valence-electron chi connectivity index (χ3n) is 4.01. The average Bonchev–Trinajstić information content (AvgIpc) is 2.85. The second-order valence-electron chi connectivity index (χ2n) is 6.14. The Balaban J connectivity index is 1.60. The summed E-state index contributed by atoms with van der Waals surface area (Å²) in [6.07, 6.45) is 0.678. The van der Waals surface area contributed by atoms with E-state index in [-0.39, 0.29) is 23.0 Å². The number of carbonyl (C=O) groups excluding carboxylic acids is 1. The first kappa shape index (κ1) is 18.3. The molecule has 0 bridgehead atoms. The lowest BCUT2D eigenvalue weighted by Gasteiger charge is -2.10. The zero-order valence-corrected chi connectivity index (χ0v) is 15.3. The van der Waals surface area contributed by atoms with E-state index in [1.807, 2.05) is 6.92 Å². The van der Waals surface area contributed by atoms with Crippen LogP contribution in [0, 0.1) is 6.92 Å². The molecule has 2 aromatic carbocycles. The van der Waals surface area contributed by atoms with Gasteiger partial charge in [0, 0.05) is 24.6 Å². The van der Waals surface area contributed by atoms with Crippen LogP contribution in [0.3, 0.4) is 0 Å². The molecule has 7 heteroatoms. The van der Waals surface area contributed by atoms with E-state index < -0.39 is 9.84 Å². The number of ether oxygens (including phenoxy) is 2. The number of fused-ring (bicyclic) bond motifs is 1. The topological polar surface area (TPSA) is 81.7 Å². The van der Waals surface area contributed by atoms with Crippen LogP contribution in [0.2, 0.25) is 0 Å². The highest BCUT2D eigenvalue weighted by Crippen LogP contribution is 2.32. The average molecular weight is 375 g/mol. The van der Waals surface area contributed by atoms with Crippen molar-refractivity contribution < 1.29 is 22.7 Å². The zero-order valence-electron chi connectivity index (χ0n) is 14.5. The van der Waals surface area contributed by atoms with Crippen molar-refractivity contribution in [2.24, 2.45) is 0 Å². The van der Waals surface area contributed by atoms with Crippen LogP contribution in [0.1, 0.15) is 18.4 Å². The fourth-order valence-electron chi connectivity index (χ4n) is 2.56. The second kappa shape index (κ2) is 7.78. The van der Waals surface area contributed by atoms with Crippen molar-refractivity contribution in [1.29, 1.82) is 0 Å². The smallest absolute Gasteiger partial charge is 0.225 e. The molecule has 0 radical (unpaired) electrons. The maximum absolute atomic E-state index is 12.3. The predicted octanol–water partition coefficient (Wildman–Crippen LogP) is 2.96. The summed E-state index contributed by atoms with van der Waals surface area (Å²) in [5, 5.41) is 2.71. The highest BCUT2D eigenvalue weighted by atomic mass is 32.2. The summed E-state index contributed by atoms with van der Waals surface area (Å²) in [7, 11) is -3.49. The fraction of sp³-hybridized carbons (Fsp3) is 0.316. The van der Waals surface area contributed by atoms with Crippen LogP contribution >= 0.6 is 0 Å². The molecule has 0 unspecified atom stereocenters. The molecule has 0 aromatic heterocycles. The summed E-state index contributed by atoms with van der Waals surface area (Å²) in [6.45, 7) is 3.04. The van der Waals surface area contributed by atoms with Gasteiger partial charge in [0.1, 0.15) is 0 Å². The number of carbonyl (C=O) groups is 1. The van der Waals surface area contributed by atoms with Gasteiger partial charge in [-0.1, -0.05) is 17.7 Å². The van der Waals surface area contributed by atoms with E-state index >= 15 is 0 Å². The van der Waals surface area contributed by atoms with Crippen LogP contribution < -0.4 is 14.8 Å². The Morgan fingerprint density at radius 1 is 1.04 bits per heavy atom. The molecule has 0 aliphatic carbocycles. The molecule has 0 fully saturated rings. The molecule has 0 spiro atoms. The van der Waals surface area contributed by atoms with Gasteiger partial charge in [0.05, 0.1) is 23.9 Å². The molecule has 1 N–H and O–H groups in total. The minimum absolute atomic E-state index is 0.120. The Kier molecular flexibility index (Phi) is 5.46. The van der Waals surface area contributed by atoms with Crippen LogP contribution in [-0.2, 0) is 14.6 Å². The lowest BCUT2D eigenvalue weighted by atomic mass is 10.2. The van der Waals surface area contributed by atoms with Crippen LogP contribution in [0.5, 0.6) is 11.5 Å². The van der Waals surface area contributed by atoms with E-state index in [4.69, 9.17) is 9.47 Å². The molecule has 3 rings (SSSR count). The molecule has 6 nitrogen and oxygen atoms in total. The number of hydrogen-bond donors (Lipinski definition) is 1. The summed E-state index contributed by atoms with van der Waals surface area (Å²) in [4.78, 5) is 12.4. The van der Waals surface area contributed by atoms with E-state index in [1.54, 1.807) is 42.5 Å². The van der Waals surface area contributed by atoms with Gasteiger partial charge >= 0.3 is 0 Å². The van der Waals surface area contributed by atoms with Crippen molar-refractivity contribution in [3.05, 3.63) is 48.0 Å². The third kappa shape index (κ3) is 4.54. The molecule has 138 valence electrons. The Bertz CT molecular complexity index is 891. The highest BCUT2D eigenvalue weighted by Gasteiger charge is 2.17. The monoisotopic (exact) mass is 375 g/mol. The summed E-state index contributed by atoms with van der Waals surface area (Å²) >= 11 is 0. The molecule has 1 amide bonds. The Morgan fingerprint density at radius 3 is 2.46 bits per heavy atom. The lowest BCUT2D eigenvalue weighted by Crippen LogP contribution is -2.17. The maximum Gasteiger partial charge on any atom is 0.225 e. The number of rotatable bonds is 5. The predicted molar refractivity (Wildman–Crippen MR) is 98.5 cm³/mol. The molecule has 0 saturated carbocycles. The summed E-state index contributed by atoms with van der Waals surface area (Å²) in [6, 6.07) is 11.7. The van der Waals surface area contributed by atoms with Crippen molar-refractivity contribution >= 4 is 21.4 Å².